The fourth-order valence-electron chi connectivity index (χ4n) is 6.24. The second kappa shape index (κ2) is 15.2. The zero-order valence-electron chi connectivity index (χ0n) is 24.9. The molecule has 5 rings (SSSR count). The fourth-order valence-corrected chi connectivity index (χ4v) is 6.41. The van der Waals surface area contributed by atoms with Crippen LogP contribution in [0.2, 0.25) is 5.02 Å². The highest BCUT2D eigenvalue weighted by Crippen LogP contribution is 2.28. The average molecular weight is 613 g/mol. The molecule has 0 saturated carbocycles. The van der Waals surface area contributed by atoms with Gasteiger partial charge in [-0.15, -0.1) is 0 Å². The first kappa shape index (κ1) is 31.6. The summed E-state index contributed by atoms with van der Waals surface area (Å²) in [6, 6.07) is 11.6. The Balaban J connectivity index is 0.949. The molecule has 1 aliphatic heterocycles. The van der Waals surface area contributed by atoms with Gasteiger partial charge in [-0.25, -0.2) is 18.4 Å². The summed E-state index contributed by atoms with van der Waals surface area (Å²) in [4.78, 5) is 8.57. The molecule has 1 fully saturated rings. The molecule has 0 aliphatic carbocycles. The summed E-state index contributed by atoms with van der Waals surface area (Å²) in [5, 5.41) is 17.7. The number of benzene rings is 2. The van der Waals surface area contributed by atoms with E-state index in [1.807, 2.05) is 6.07 Å². The molecular weight excluding hydrogens is 570 g/mol. The van der Waals surface area contributed by atoms with Gasteiger partial charge < -0.3 is 14.6 Å². The molecule has 3 heterocycles. The molecule has 1 unspecified atom stereocenters. The van der Waals surface area contributed by atoms with Crippen molar-refractivity contribution in [1.82, 2.24) is 29.1 Å². The summed E-state index contributed by atoms with van der Waals surface area (Å²) >= 11 is 6.17. The van der Waals surface area contributed by atoms with Crippen molar-refractivity contribution >= 4 is 22.5 Å². The van der Waals surface area contributed by atoms with E-state index in [1.165, 1.54) is 91.7 Å². The Morgan fingerprint density at radius 1 is 0.791 bits per heavy atom. The highest BCUT2D eigenvalue weighted by atomic mass is 35.5. The third kappa shape index (κ3) is 8.85. The number of β-amino-alcohol motifs (C(OH)–C–C–N with tert-alkyl or cyclic N) is 1. The van der Waals surface area contributed by atoms with Gasteiger partial charge >= 0.3 is 0 Å². The number of fused-ring (bicyclic) bond motifs is 1. The van der Waals surface area contributed by atoms with Gasteiger partial charge in [0.2, 0.25) is 0 Å². The SMILES string of the molecule is OC(CN1CCN(CCCCCCCCCCn2ccc3ccc(Cl)cc32)CC1)(Cn1cncn1)c1ccc(F)cc1F. The Bertz CT molecular complexity index is 1420. The maximum atomic E-state index is 14.7. The Morgan fingerprint density at radius 3 is 2.19 bits per heavy atom. The third-order valence-corrected chi connectivity index (χ3v) is 8.87. The number of hydrogen-bond acceptors (Lipinski definition) is 5. The maximum Gasteiger partial charge on any atom is 0.137 e. The van der Waals surface area contributed by atoms with Crippen LogP contribution in [0, 0.1) is 11.6 Å². The largest absolute Gasteiger partial charge is 0.382 e. The summed E-state index contributed by atoms with van der Waals surface area (Å²) in [5.41, 5.74) is -0.260. The van der Waals surface area contributed by atoms with Crippen LogP contribution >= 0.6 is 11.6 Å². The van der Waals surface area contributed by atoms with Crippen molar-refractivity contribution in [3.05, 3.63) is 83.5 Å². The quantitative estimate of drug-likeness (QED) is 0.147. The summed E-state index contributed by atoms with van der Waals surface area (Å²) in [6.07, 6.45) is 15.1. The molecule has 1 saturated heterocycles. The first-order valence-corrected chi connectivity index (χ1v) is 16.0. The van der Waals surface area contributed by atoms with Gasteiger partial charge in [0.15, 0.2) is 0 Å². The number of aryl methyl sites for hydroxylation is 1. The van der Waals surface area contributed by atoms with Crippen molar-refractivity contribution in [2.24, 2.45) is 0 Å². The average Bonchev–Trinajstić information content (AvgIpc) is 3.64. The minimum Gasteiger partial charge on any atom is -0.382 e. The topological polar surface area (TPSA) is 62.4 Å². The van der Waals surface area contributed by atoms with E-state index >= 15 is 0 Å². The van der Waals surface area contributed by atoms with Crippen LogP contribution in [0.25, 0.3) is 10.9 Å². The third-order valence-electron chi connectivity index (χ3n) is 8.63. The lowest BCUT2D eigenvalue weighted by Crippen LogP contribution is -2.52. The van der Waals surface area contributed by atoms with Gasteiger partial charge in [-0.2, -0.15) is 5.10 Å². The van der Waals surface area contributed by atoms with Crippen molar-refractivity contribution < 1.29 is 13.9 Å². The van der Waals surface area contributed by atoms with Gasteiger partial charge in [0.05, 0.1) is 6.54 Å². The van der Waals surface area contributed by atoms with E-state index < -0.39 is 17.2 Å². The molecule has 7 nitrogen and oxygen atoms in total. The molecule has 1 N–H and O–H groups in total. The lowest BCUT2D eigenvalue weighted by Gasteiger charge is -2.39. The fraction of sp³-hybridized carbons (Fsp3) is 0.515. The molecule has 0 amide bonds. The van der Waals surface area contributed by atoms with E-state index in [0.29, 0.717) is 0 Å². The Kier molecular flexibility index (Phi) is 11.2. The van der Waals surface area contributed by atoms with Crippen molar-refractivity contribution in [3.63, 3.8) is 0 Å². The van der Waals surface area contributed by atoms with E-state index in [0.717, 1.165) is 50.4 Å². The smallest absolute Gasteiger partial charge is 0.137 e. The minimum atomic E-state index is -1.56. The van der Waals surface area contributed by atoms with Crippen LogP contribution in [0.5, 0.6) is 0 Å². The molecule has 1 atom stereocenters. The van der Waals surface area contributed by atoms with Gasteiger partial charge in [-0.3, -0.25) is 4.90 Å². The zero-order valence-corrected chi connectivity index (χ0v) is 25.6. The molecule has 0 spiro atoms. The van der Waals surface area contributed by atoms with Crippen LogP contribution in [-0.4, -0.2) is 73.5 Å². The Labute approximate surface area is 258 Å². The van der Waals surface area contributed by atoms with Crippen LogP contribution in [0.4, 0.5) is 8.78 Å². The number of nitrogens with zero attached hydrogens (tertiary/aromatic N) is 6. The molecule has 43 heavy (non-hydrogen) atoms. The first-order valence-electron chi connectivity index (χ1n) is 15.6. The summed E-state index contributed by atoms with van der Waals surface area (Å²) in [6.45, 7) is 5.79. The highest BCUT2D eigenvalue weighted by molar-refractivity contribution is 6.31. The van der Waals surface area contributed by atoms with E-state index in [-0.39, 0.29) is 18.7 Å². The Hall–Kier alpha value is -2.85. The molecule has 2 aromatic carbocycles. The number of piperazine rings is 1. The van der Waals surface area contributed by atoms with Crippen LogP contribution < -0.4 is 0 Å². The zero-order chi connectivity index (χ0) is 30.1. The summed E-state index contributed by atoms with van der Waals surface area (Å²) in [5.74, 6) is -1.42. The maximum absolute atomic E-state index is 14.7. The van der Waals surface area contributed by atoms with Gasteiger partial charge in [-0.05, 0) is 49.0 Å². The number of unbranched alkanes of at least 4 members (excludes halogenated alkanes) is 7. The predicted molar refractivity (Wildman–Crippen MR) is 167 cm³/mol. The molecule has 0 bridgehead atoms. The number of halogens is 3. The van der Waals surface area contributed by atoms with Crippen molar-refractivity contribution in [1.29, 1.82) is 0 Å². The van der Waals surface area contributed by atoms with E-state index in [2.05, 4.69) is 48.8 Å². The standard InChI is InChI=1S/C33H43ClF2N6O/c34-28-10-9-27-13-16-41(32(27)21-28)15-8-6-4-2-1-3-5-7-14-39-17-19-40(20-18-39)23-33(43,24-42-26-37-25-38-42)30-12-11-29(35)22-31(30)36/h9-13,16,21-22,25-26,43H,1-8,14-15,17-20,23-24H2. The predicted octanol–water partition coefficient (Wildman–Crippen LogP) is 6.49. The van der Waals surface area contributed by atoms with E-state index in [1.54, 1.807) is 0 Å². The van der Waals surface area contributed by atoms with Crippen LogP contribution in [0.3, 0.4) is 0 Å². The molecular formula is C33H43ClF2N6O. The van der Waals surface area contributed by atoms with Gasteiger partial charge in [-0.1, -0.05) is 62.3 Å². The summed E-state index contributed by atoms with van der Waals surface area (Å²) in [7, 11) is 0. The van der Waals surface area contributed by atoms with Crippen molar-refractivity contribution in [2.75, 3.05) is 39.3 Å². The molecule has 4 aromatic rings. The number of aliphatic hydroxyl groups is 1. The lowest BCUT2D eigenvalue weighted by atomic mass is 9.92. The first-order chi connectivity index (χ1) is 20.9. The summed E-state index contributed by atoms with van der Waals surface area (Å²) < 4.78 is 32.1. The normalized spacial score (nSPS) is 16.2. The van der Waals surface area contributed by atoms with Crippen LogP contribution in [0.15, 0.2) is 61.3 Å². The minimum absolute atomic E-state index is 0.0371. The van der Waals surface area contributed by atoms with Gasteiger partial charge in [0.1, 0.15) is 29.9 Å². The van der Waals surface area contributed by atoms with Crippen molar-refractivity contribution in [3.8, 4) is 0 Å². The number of aromatic nitrogens is 4. The van der Waals surface area contributed by atoms with E-state index in [9.17, 15) is 13.9 Å². The molecule has 2 aromatic heterocycles. The van der Waals surface area contributed by atoms with Crippen molar-refractivity contribution in [2.45, 2.75) is 70.1 Å². The van der Waals surface area contributed by atoms with Gasteiger partial charge in [0.25, 0.3) is 0 Å². The molecule has 0 radical (unpaired) electrons. The molecule has 232 valence electrons. The number of hydrogen-bond donors (Lipinski definition) is 1. The highest BCUT2D eigenvalue weighted by Gasteiger charge is 2.36. The molecule has 1 aliphatic rings. The van der Waals surface area contributed by atoms with Gasteiger partial charge in [0, 0.05) is 67.6 Å². The number of rotatable bonds is 16. The monoisotopic (exact) mass is 612 g/mol. The van der Waals surface area contributed by atoms with Crippen LogP contribution in [-0.2, 0) is 18.7 Å². The Morgan fingerprint density at radius 2 is 1.49 bits per heavy atom. The second-order valence-corrected chi connectivity index (χ2v) is 12.3. The molecule has 10 heteroatoms. The second-order valence-electron chi connectivity index (χ2n) is 11.9. The van der Waals surface area contributed by atoms with Crippen LogP contribution in [0.1, 0.15) is 56.9 Å². The lowest BCUT2D eigenvalue weighted by molar-refractivity contribution is -0.0319. The van der Waals surface area contributed by atoms with E-state index in [4.69, 9.17) is 11.6 Å².